The van der Waals surface area contributed by atoms with Crippen LogP contribution in [-0.4, -0.2) is 0 Å². The first kappa shape index (κ1) is 4.67. The Kier molecular flexibility index (Phi) is 2.27. The molecule has 4 heteroatoms. The van der Waals surface area contributed by atoms with Gasteiger partial charge in [-0.3, -0.25) is 0 Å². The Morgan fingerprint density at radius 1 is 1.25 bits per heavy atom. The molecule has 0 aliphatic carbocycles. The highest BCUT2D eigenvalue weighted by molar-refractivity contribution is 7.71. The smallest absolute Gasteiger partial charge is 0.158 e. The fourth-order valence-electron chi connectivity index (χ4n) is 0. The maximum atomic E-state index is 4.33. The van der Waals surface area contributed by atoms with Crippen molar-refractivity contribution in [3.8, 4) is 0 Å². The van der Waals surface area contributed by atoms with E-state index in [4.69, 9.17) is 0 Å². The molecule has 0 aromatic carbocycles. The highest BCUT2D eigenvalue weighted by Crippen LogP contribution is 2.12. The Bertz CT molecular complexity index is 34.1. The van der Waals surface area contributed by atoms with Gasteiger partial charge in [0.1, 0.15) is 0 Å². The van der Waals surface area contributed by atoms with E-state index in [1.54, 1.807) is 0 Å². The third-order valence-corrected chi connectivity index (χ3v) is 0.612. The van der Waals surface area contributed by atoms with Crippen molar-refractivity contribution >= 4 is 31.2 Å². The molecule has 1 unspecified atom stereocenters. The summed E-state index contributed by atoms with van der Waals surface area (Å²) in [6.07, 6.45) is 0. The molecule has 0 N–H and O–H groups in total. The SMILES string of the molecule is P.o1ss1. The molecule has 1 heterocycles. The summed E-state index contributed by atoms with van der Waals surface area (Å²) < 4.78 is 4.33. The number of hydrogen-bond donors (Lipinski definition) is 0. The molecule has 1 aromatic rings. The Morgan fingerprint density at radius 3 is 1.50 bits per heavy atom. The monoisotopic (exact) mass is 114 g/mol. The van der Waals surface area contributed by atoms with Crippen LogP contribution in [0, 0.1) is 0 Å². The zero-order chi connectivity index (χ0) is 2.12. The lowest BCUT2D eigenvalue weighted by Crippen LogP contribution is -0.524. The molecule has 1 rings (SSSR count). The van der Waals surface area contributed by atoms with Crippen LogP contribution in [-0.2, 0) is 0 Å². The van der Waals surface area contributed by atoms with Crippen molar-refractivity contribution in [1.82, 2.24) is 0 Å². The van der Waals surface area contributed by atoms with E-state index in [-0.39, 0.29) is 9.90 Å². The molecular weight excluding hydrogens is 111 g/mol. The van der Waals surface area contributed by atoms with Crippen molar-refractivity contribution in [3.63, 3.8) is 0 Å². The van der Waals surface area contributed by atoms with E-state index < -0.39 is 0 Å². The third-order valence-electron chi connectivity index (χ3n) is 0.0680. The third kappa shape index (κ3) is 2.67. The van der Waals surface area contributed by atoms with Crippen LogP contribution < -0.4 is 0 Å². The minimum absolute atomic E-state index is 0. The van der Waals surface area contributed by atoms with E-state index in [2.05, 4.69) is 3.28 Å². The van der Waals surface area contributed by atoms with Crippen molar-refractivity contribution in [2.45, 2.75) is 0 Å². The fraction of sp³-hybridized carbons (Fsp3) is 0. The van der Waals surface area contributed by atoms with E-state index in [9.17, 15) is 0 Å². The van der Waals surface area contributed by atoms with Crippen LogP contribution in [0.15, 0.2) is 3.28 Å². The Morgan fingerprint density at radius 2 is 1.50 bits per heavy atom. The van der Waals surface area contributed by atoms with Gasteiger partial charge in [0.2, 0.25) is 0 Å². The molecule has 0 saturated carbocycles. The first-order valence-corrected chi connectivity index (χ1v) is 2.50. The second kappa shape index (κ2) is 1.94. The summed E-state index contributed by atoms with van der Waals surface area (Å²) in [4.78, 5) is 0. The predicted octanol–water partition coefficient (Wildman–Crippen LogP) is 1.46. The maximum absolute atomic E-state index is 4.33. The molecular formula is H3OPS2. The highest BCUT2D eigenvalue weighted by Gasteiger charge is 1.65. The average Bonchev–Trinajstić information content (AvgIpc) is 1.46. The molecule has 1 aromatic heterocycles. The molecule has 0 bridgehead atoms. The van der Waals surface area contributed by atoms with Gasteiger partial charge in [0.15, 0.2) is 21.3 Å². The first-order chi connectivity index (χ1) is 1.50. The van der Waals surface area contributed by atoms with Crippen LogP contribution >= 0.6 is 31.2 Å². The van der Waals surface area contributed by atoms with E-state index in [1.165, 1.54) is 21.3 Å². The van der Waals surface area contributed by atoms with Gasteiger partial charge in [-0.2, -0.15) is 9.90 Å². The molecule has 0 aliphatic heterocycles. The van der Waals surface area contributed by atoms with Crippen molar-refractivity contribution in [3.05, 3.63) is 0 Å². The summed E-state index contributed by atoms with van der Waals surface area (Å²) in [5.74, 6) is 0. The standard InChI is InChI=1S/OS2.H3P/c1-2-3-1;/h;1H3. The van der Waals surface area contributed by atoms with Gasteiger partial charge in [0.25, 0.3) is 0 Å². The zero-order valence-corrected chi connectivity index (χ0v) is 4.98. The Labute approximate surface area is 35.1 Å². The van der Waals surface area contributed by atoms with Crippen molar-refractivity contribution < 1.29 is 3.28 Å². The van der Waals surface area contributed by atoms with Gasteiger partial charge in [0, 0.05) is 0 Å². The molecule has 26 valence electrons. The quantitative estimate of drug-likeness (QED) is 0.367. The Hall–Kier alpha value is 0.670. The summed E-state index contributed by atoms with van der Waals surface area (Å²) in [6.45, 7) is 0. The van der Waals surface area contributed by atoms with E-state index >= 15 is 0 Å². The fourth-order valence-corrected chi connectivity index (χ4v) is 0. The molecule has 1 atom stereocenters. The van der Waals surface area contributed by atoms with Crippen molar-refractivity contribution in [2.75, 3.05) is 0 Å². The minimum Gasteiger partial charge on any atom is -0.317 e. The average molecular weight is 114 g/mol. The van der Waals surface area contributed by atoms with E-state index in [0.29, 0.717) is 0 Å². The maximum Gasteiger partial charge on any atom is 0.158 e. The zero-order valence-electron chi connectivity index (χ0n) is 1.93. The molecule has 4 heavy (non-hydrogen) atoms. The lowest BCUT2D eigenvalue weighted by Gasteiger charge is -0.994. The molecule has 0 spiro atoms. The van der Waals surface area contributed by atoms with Crippen LogP contribution in [0.5, 0.6) is 0 Å². The summed E-state index contributed by atoms with van der Waals surface area (Å²) in [7, 11) is 2.83. The van der Waals surface area contributed by atoms with Gasteiger partial charge in [-0.25, -0.2) is 0 Å². The van der Waals surface area contributed by atoms with Gasteiger partial charge in [0.05, 0.1) is 0 Å². The second-order valence-corrected chi connectivity index (χ2v) is 1.84. The lowest BCUT2D eigenvalue weighted by atomic mass is 15.9. The van der Waals surface area contributed by atoms with Crippen LogP contribution in [0.25, 0.3) is 0 Å². The molecule has 0 amide bonds. The van der Waals surface area contributed by atoms with Gasteiger partial charge < -0.3 is 3.28 Å². The van der Waals surface area contributed by atoms with Gasteiger partial charge in [-0.05, 0) is 0 Å². The summed E-state index contributed by atoms with van der Waals surface area (Å²) in [5, 5.41) is 0. The molecule has 0 radical (unpaired) electrons. The van der Waals surface area contributed by atoms with Crippen LogP contribution in [0.4, 0.5) is 0 Å². The first-order valence-electron chi connectivity index (χ1n) is 0.500. The summed E-state index contributed by atoms with van der Waals surface area (Å²) >= 11 is 0. The molecule has 1 nitrogen and oxygen atoms in total. The summed E-state index contributed by atoms with van der Waals surface area (Å²) in [6, 6.07) is 0. The molecule has 0 fully saturated rings. The highest BCUT2D eigenvalue weighted by atomic mass is 33.0. The lowest BCUT2D eigenvalue weighted by molar-refractivity contribution is 0.879. The predicted molar refractivity (Wildman–Crippen MR) is 25.6 cm³/mol. The second-order valence-electron chi connectivity index (χ2n) is 0.204. The number of hydrogen-bond acceptors (Lipinski definition) is 3. The topological polar surface area (TPSA) is 13.1 Å². The van der Waals surface area contributed by atoms with Crippen LogP contribution in [0.3, 0.4) is 0 Å². The largest absolute Gasteiger partial charge is 0.317 e. The van der Waals surface area contributed by atoms with Crippen molar-refractivity contribution in [2.24, 2.45) is 0 Å². The number of rotatable bonds is 0. The van der Waals surface area contributed by atoms with Crippen LogP contribution in [0.2, 0.25) is 0 Å². The Balaban J connectivity index is 0.0000000900. The molecule has 0 saturated heterocycles. The summed E-state index contributed by atoms with van der Waals surface area (Å²) in [5.41, 5.74) is 0. The molecule has 0 aliphatic rings. The van der Waals surface area contributed by atoms with Crippen molar-refractivity contribution in [1.29, 1.82) is 0 Å². The normalized spacial score (nSPS) is 6.00. The van der Waals surface area contributed by atoms with Gasteiger partial charge >= 0.3 is 0 Å². The van der Waals surface area contributed by atoms with E-state index in [0.717, 1.165) is 0 Å². The van der Waals surface area contributed by atoms with Gasteiger partial charge in [-0.15, -0.1) is 0 Å². The minimum atomic E-state index is 0. The van der Waals surface area contributed by atoms with Gasteiger partial charge in [-0.1, -0.05) is 0 Å². The van der Waals surface area contributed by atoms with E-state index in [1.807, 2.05) is 0 Å². The van der Waals surface area contributed by atoms with Crippen LogP contribution in [0.1, 0.15) is 0 Å².